The number of anilines is 1. The van der Waals surface area contributed by atoms with Crippen molar-refractivity contribution in [2.24, 2.45) is 0 Å². The van der Waals surface area contributed by atoms with Gasteiger partial charge in [0.25, 0.3) is 4.96 Å². The Morgan fingerprint density at radius 1 is 1.44 bits per heavy atom. The molecule has 0 saturated carbocycles. The topological polar surface area (TPSA) is 90.9 Å². The molecule has 2 heterocycles. The summed E-state index contributed by atoms with van der Waals surface area (Å²) in [6, 6.07) is 4.41. The van der Waals surface area contributed by atoms with Crippen LogP contribution < -0.4 is 14.8 Å². The second-order valence-electron chi connectivity index (χ2n) is 4.81. The number of ether oxygens (including phenoxy) is 2. The molecule has 0 radical (unpaired) electrons. The van der Waals surface area contributed by atoms with Gasteiger partial charge in [-0.15, -0.1) is 0 Å². The normalized spacial score (nSPS) is 11.0. The number of aromatic nitrogens is 2. The number of halogens is 2. The zero-order valence-electron chi connectivity index (χ0n) is 12.8. The average Bonchev–Trinajstić information content (AvgIpc) is 3.13. The molecule has 0 atom stereocenters. The van der Waals surface area contributed by atoms with E-state index in [4.69, 9.17) is 4.74 Å². The standard InChI is InChI=1S/C14H12F2N4O4S/c1-23-10-6-8(2-3-9(10)24-13(15)16)7-17-11-12(20(21)22)19-4-5-25-14(19)18-11/h2-6,13,17H,7H2,1H3. The average molecular weight is 370 g/mol. The van der Waals surface area contributed by atoms with Crippen LogP contribution in [0.4, 0.5) is 20.4 Å². The third-order valence-corrected chi connectivity index (χ3v) is 4.07. The van der Waals surface area contributed by atoms with E-state index in [-0.39, 0.29) is 29.7 Å². The van der Waals surface area contributed by atoms with Crippen LogP contribution in [0, 0.1) is 10.1 Å². The SMILES string of the molecule is COc1cc(CNc2nc3sccn3c2[N+](=O)[O-])ccc1OC(F)F. The quantitative estimate of drug-likeness (QED) is 0.505. The molecule has 0 saturated heterocycles. The Balaban J connectivity index is 1.81. The second kappa shape index (κ2) is 6.89. The summed E-state index contributed by atoms with van der Waals surface area (Å²) in [5.41, 5.74) is 0.657. The molecule has 0 aliphatic carbocycles. The van der Waals surface area contributed by atoms with Crippen molar-refractivity contribution in [3.8, 4) is 11.5 Å². The summed E-state index contributed by atoms with van der Waals surface area (Å²) in [5.74, 6) is 0.0132. The number of fused-ring (bicyclic) bond motifs is 1. The molecule has 0 spiro atoms. The molecule has 0 bridgehead atoms. The number of methoxy groups -OCH3 is 1. The van der Waals surface area contributed by atoms with E-state index in [1.807, 2.05) is 0 Å². The van der Waals surface area contributed by atoms with Gasteiger partial charge in [0.15, 0.2) is 11.5 Å². The number of nitrogens with zero attached hydrogens (tertiary/aromatic N) is 3. The van der Waals surface area contributed by atoms with Crippen molar-refractivity contribution in [2.45, 2.75) is 13.2 Å². The van der Waals surface area contributed by atoms with Crippen LogP contribution in [0.2, 0.25) is 0 Å². The van der Waals surface area contributed by atoms with Crippen molar-refractivity contribution in [1.29, 1.82) is 0 Å². The Kier molecular flexibility index (Phi) is 4.65. The smallest absolute Gasteiger partial charge is 0.387 e. The Hall–Kier alpha value is -2.95. The van der Waals surface area contributed by atoms with Crippen LogP contribution in [-0.2, 0) is 6.54 Å². The van der Waals surface area contributed by atoms with E-state index in [0.717, 1.165) is 0 Å². The number of hydrogen-bond acceptors (Lipinski definition) is 7. The van der Waals surface area contributed by atoms with Gasteiger partial charge in [-0.3, -0.25) is 0 Å². The predicted octanol–water partition coefficient (Wildman–Crippen LogP) is 3.53. The minimum atomic E-state index is -2.96. The fourth-order valence-corrected chi connectivity index (χ4v) is 2.98. The third kappa shape index (κ3) is 3.45. The van der Waals surface area contributed by atoms with Crippen LogP contribution in [0.1, 0.15) is 5.56 Å². The number of thiazole rings is 1. The fourth-order valence-electron chi connectivity index (χ4n) is 2.27. The molecule has 1 N–H and O–H groups in total. The van der Waals surface area contributed by atoms with Crippen LogP contribution in [-0.4, -0.2) is 28.0 Å². The molecule has 0 aliphatic heterocycles. The molecule has 11 heteroatoms. The van der Waals surface area contributed by atoms with Crippen molar-refractivity contribution in [3.05, 3.63) is 45.5 Å². The molecule has 8 nitrogen and oxygen atoms in total. The molecule has 3 aromatic rings. The zero-order chi connectivity index (χ0) is 18.0. The molecular formula is C14H12F2N4O4S. The van der Waals surface area contributed by atoms with Crippen LogP contribution in [0.5, 0.6) is 11.5 Å². The second-order valence-corrected chi connectivity index (χ2v) is 5.69. The number of alkyl halides is 2. The number of nitro groups is 1. The first kappa shape index (κ1) is 16.9. The molecule has 0 amide bonds. The Bertz CT molecular complexity index is 912. The van der Waals surface area contributed by atoms with Gasteiger partial charge < -0.3 is 24.9 Å². The number of nitrogens with one attached hydrogen (secondary N) is 1. The van der Waals surface area contributed by atoms with Crippen molar-refractivity contribution in [2.75, 3.05) is 12.4 Å². The van der Waals surface area contributed by atoms with E-state index >= 15 is 0 Å². The van der Waals surface area contributed by atoms with Gasteiger partial charge in [-0.25, -0.2) is 0 Å². The zero-order valence-corrected chi connectivity index (χ0v) is 13.6. The summed E-state index contributed by atoms with van der Waals surface area (Å²) in [7, 11) is 1.33. The Morgan fingerprint density at radius 2 is 2.24 bits per heavy atom. The molecule has 0 fully saturated rings. The maximum atomic E-state index is 12.3. The molecule has 2 aromatic heterocycles. The summed E-state index contributed by atoms with van der Waals surface area (Å²) in [6.07, 6.45) is 1.57. The van der Waals surface area contributed by atoms with E-state index in [0.29, 0.717) is 10.5 Å². The molecule has 0 aliphatic rings. The lowest BCUT2D eigenvalue weighted by atomic mass is 10.2. The monoisotopic (exact) mass is 370 g/mol. The first-order valence-electron chi connectivity index (χ1n) is 6.95. The molecule has 1 aromatic carbocycles. The molecular weight excluding hydrogens is 358 g/mol. The van der Waals surface area contributed by atoms with E-state index in [2.05, 4.69) is 15.0 Å². The van der Waals surface area contributed by atoms with Gasteiger partial charge >= 0.3 is 12.4 Å². The van der Waals surface area contributed by atoms with Gasteiger partial charge in [0.05, 0.1) is 7.11 Å². The summed E-state index contributed by atoms with van der Waals surface area (Å²) in [6.45, 7) is -2.77. The summed E-state index contributed by atoms with van der Waals surface area (Å²) < 4.78 is 35.4. The third-order valence-electron chi connectivity index (χ3n) is 3.31. The van der Waals surface area contributed by atoms with Gasteiger partial charge in [0.2, 0.25) is 5.82 Å². The van der Waals surface area contributed by atoms with Gasteiger partial charge in [0.1, 0.15) is 6.20 Å². The summed E-state index contributed by atoms with van der Waals surface area (Å²) >= 11 is 1.27. The lowest BCUT2D eigenvalue weighted by Crippen LogP contribution is -2.06. The first-order valence-corrected chi connectivity index (χ1v) is 7.83. The van der Waals surface area contributed by atoms with E-state index in [1.54, 1.807) is 17.6 Å². The minimum Gasteiger partial charge on any atom is -0.493 e. The number of hydrogen-bond donors (Lipinski definition) is 1. The van der Waals surface area contributed by atoms with E-state index in [9.17, 15) is 18.9 Å². The Morgan fingerprint density at radius 3 is 2.92 bits per heavy atom. The van der Waals surface area contributed by atoms with E-state index < -0.39 is 11.5 Å². The maximum Gasteiger partial charge on any atom is 0.387 e. The highest BCUT2D eigenvalue weighted by Gasteiger charge is 2.23. The van der Waals surface area contributed by atoms with Gasteiger partial charge in [0, 0.05) is 11.9 Å². The highest BCUT2D eigenvalue weighted by molar-refractivity contribution is 7.15. The van der Waals surface area contributed by atoms with E-state index in [1.165, 1.54) is 35.0 Å². The lowest BCUT2D eigenvalue weighted by Gasteiger charge is -2.11. The van der Waals surface area contributed by atoms with Crippen molar-refractivity contribution < 1.29 is 23.2 Å². The minimum absolute atomic E-state index is 0.0882. The maximum absolute atomic E-state index is 12.3. The van der Waals surface area contributed by atoms with Crippen molar-refractivity contribution in [1.82, 2.24) is 9.38 Å². The predicted molar refractivity (Wildman–Crippen MR) is 86.7 cm³/mol. The fraction of sp³-hybridized carbons (Fsp3) is 0.214. The molecule has 25 heavy (non-hydrogen) atoms. The summed E-state index contributed by atoms with van der Waals surface area (Å²) in [5, 5.41) is 15.8. The highest BCUT2D eigenvalue weighted by Crippen LogP contribution is 2.31. The largest absolute Gasteiger partial charge is 0.493 e. The van der Waals surface area contributed by atoms with Crippen molar-refractivity contribution in [3.63, 3.8) is 0 Å². The van der Waals surface area contributed by atoms with Crippen LogP contribution in [0.3, 0.4) is 0 Å². The van der Waals surface area contributed by atoms with Crippen LogP contribution >= 0.6 is 11.3 Å². The van der Waals surface area contributed by atoms with Crippen molar-refractivity contribution >= 4 is 27.9 Å². The first-order chi connectivity index (χ1) is 12.0. The Labute approximate surface area is 143 Å². The molecule has 3 rings (SSSR count). The lowest BCUT2D eigenvalue weighted by molar-refractivity contribution is -0.389. The number of rotatable bonds is 7. The summed E-state index contributed by atoms with van der Waals surface area (Å²) in [4.78, 5) is 15.4. The molecule has 0 unspecified atom stereocenters. The van der Waals surface area contributed by atoms with Gasteiger partial charge in [-0.1, -0.05) is 17.4 Å². The number of benzene rings is 1. The molecule has 132 valence electrons. The van der Waals surface area contributed by atoms with Gasteiger partial charge in [-0.2, -0.15) is 18.2 Å². The van der Waals surface area contributed by atoms with Gasteiger partial charge in [-0.05, 0) is 22.6 Å². The van der Waals surface area contributed by atoms with Crippen LogP contribution in [0.15, 0.2) is 29.8 Å². The van der Waals surface area contributed by atoms with Crippen LogP contribution in [0.25, 0.3) is 4.96 Å². The number of imidazole rings is 1. The highest BCUT2D eigenvalue weighted by atomic mass is 32.1.